The van der Waals surface area contributed by atoms with Crippen LogP contribution in [-0.2, 0) is 0 Å². The van der Waals surface area contributed by atoms with Gasteiger partial charge in [-0.25, -0.2) is 0 Å². The molecule has 1 rings (SSSR count). The summed E-state index contributed by atoms with van der Waals surface area (Å²) >= 11 is 0. The van der Waals surface area contributed by atoms with Crippen molar-refractivity contribution in [2.75, 3.05) is 0 Å². The van der Waals surface area contributed by atoms with Gasteiger partial charge in [-0.2, -0.15) is 0 Å². The van der Waals surface area contributed by atoms with Crippen LogP contribution in [0.1, 0.15) is 0 Å². The molecule has 10 N–H and O–H groups in total. The van der Waals surface area contributed by atoms with Crippen LogP contribution in [-0.4, -0.2) is 51.8 Å². The molecule has 1 aliphatic rings. The van der Waals surface area contributed by atoms with Gasteiger partial charge in [0.25, 0.3) is 0 Å². The Morgan fingerprint density at radius 1 is 0.846 bits per heavy atom. The van der Waals surface area contributed by atoms with Gasteiger partial charge in [-0.05, 0) is 0 Å². The van der Waals surface area contributed by atoms with Crippen LogP contribution < -0.4 is 41.2 Å². The van der Waals surface area contributed by atoms with E-state index in [0.717, 1.165) is 0 Å². The zero-order valence-corrected chi connectivity index (χ0v) is 9.20. The maximum Gasteiger partial charge on any atom is 0.140 e. The molecule has 7 heteroatoms. The molecule has 1 aliphatic carbocycles. The summed E-state index contributed by atoms with van der Waals surface area (Å²) in [5.74, 6) is 0. The Labute approximate surface area is 93.1 Å². The molecule has 6 atom stereocenters. The van der Waals surface area contributed by atoms with E-state index in [4.69, 9.17) is 11.5 Å². The molecule has 0 spiro atoms. The van der Waals surface area contributed by atoms with E-state index < -0.39 is 36.4 Å². The second-order valence-electron chi connectivity index (χ2n) is 3.29. The molecule has 0 amide bonds. The summed E-state index contributed by atoms with van der Waals surface area (Å²) in [6, 6.07) is -2.30. The van der Waals surface area contributed by atoms with Gasteiger partial charge in [-0.1, -0.05) is 0 Å². The first-order valence-electron chi connectivity index (χ1n) is 3.85. The first-order valence-corrected chi connectivity index (χ1v) is 3.85. The molecule has 6 nitrogen and oxygen atoms in total. The van der Waals surface area contributed by atoms with Crippen molar-refractivity contribution in [1.82, 2.24) is 0 Å². The van der Waals surface area contributed by atoms with Gasteiger partial charge in [-0.15, -0.1) is 0 Å². The van der Waals surface area contributed by atoms with Gasteiger partial charge in [-0.3, -0.25) is 0 Å². The quantitative estimate of drug-likeness (QED) is 0.247. The summed E-state index contributed by atoms with van der Waals surface area (Å²) < 4.78 is 0. The van der Waals surface area contributed by atoms with Gasteiger partial charge in [0.1, 0.15) is 18.2 Å². The number of quaternary nitrogens is 1. The number of hydrogen-bond donors (Lipinski definition) is 6. The summed E-state index contributed by atoms with van der Waals surface area (Å²) in [6.45, 7) is 0. The third-order valence-electron chi connectivity index (χ3n) is 2.45. The third-order valence-corrected chi connectivity index (χ3v) is 2.45. The monoisotopic (exact) mass is 305 g/mol. The molecular formula is C6H16IN3O3. The van der Waals surface area contributed by atoms with Crippen LogP contribution >= 0.6 is 0 Å². The van der Waals surface area contributed by atoms with Gasteiger partial charge in [0.2, 0.25) is 0 Å². The second kappa shape index (κ2) is 4.82. The lowest BCUT2D eigenvalue weighted by molar-refractivity contribution is -0.464. The van der Waals surface area contributed by atoms with Crippen LogP contribution in [0, 0.1) is 0 Å². The maximum absolute atomic E-state index is 9.34. The number of aliphatic hydroxyl groups is 3. The van der Waals surface area contributed by atoms with E-state index in [1.165, 1.54) is 0 Å². The van der Waals surface area contributed by atoms with Gasteiger partial charge in [0.15, 0.2) is 0 Å². The molecule has 1 saturated carbocycles. The molecule has 0 heterocycles. The van der Waals surface area contributed by atoms with Crippen LogP contribution in [0.15, 0.2) is 0 Å². The molecule has 80 valence electrons. The Bertz CT molecular complexity index is 115. The Hall–Kier alpha value is 0.490. The summed E-state index contributed by atoms with van der Waals surface area (Å²) in [4.78, 5) is 0. The first-order chi connectivity index (χ1) is 5.46. The predicted molar refractivity (Wildman–Crippen MR) is 40.6 cm³/mol. The Morgan fingerprint density at radius 3 is 1.46 bits per heavy atom. The average Bonchev–Trinajstić information content (AvgIpc) is 2.08. The minimum absolute atomic E-state index is 0. The van der Waals surface area contributed by atoms with Crippen LogP contribution in [0.5, 0.6) is 0 Å². The van der Waals surface area contributed by atoms with Gasteiger partial charge in [0, 0.05) is 0 Å². The highest BCUT2D eigenvalue weighted by Gasteiger charge is 2.46. The fraction of sp³-hybridized carbons (Fsp3) is 1.00. The molecule has 0 aromatic heterocycles. The minimum Gasteiger partial charge on any atom is -1.00 e. The molecular weight excluding hydrogens is 289 g/mol. The molecule has 0 saturated heterocycles. The standard InChI is InChI=1S/C6H15N3O3.HI/c7-1-4(10)2(8)6(12)3(9)5(1)11;/h1-6,10-12H,7-9H2;1H/t1-,2+,3?,4?,5-,6+;. The van der Waals surface area contributed by atoms with Crippen molar-refractivity contribution < 1.29 is 45.0 Å². The summed E-state index contributed by atoms with van der Waals surface area (Å²) in [5.41, 5.74) is 14.4. The van der Waals surface area contributed by atoms with E-state index in [1.54, 1.807) is 0 Å². The Morgan fingerprint density at radius 2 is 1.15 bits per heavy atom. The molecule has 0 aliphatic heterocycles. The number of nitrogens with two attached hydrogens (primary N) is 2. The third kappa shape index (κ3) is 2.29. The predicted octanol–water partition coefficient (Wildman–Crippen LogP) is -7.65. The number of aliphatic hydroxyl groups excluding tert-OH is 3. The van der Waals surface area contributed by atoms with E-state index >= 15 is 0 Å². The number of hydrogen-bond acceptors (Lipinski definition) is 5. The average molecular weight is 305 g/mol. The second-order valence-corrected chi connectivity index (χ2v) is 3.29. The Kier molecular flexibility index (Phi) is 5.00. The van der Waals surface area contributed by atoms with Crippen molar-refractivity contribution in [3.63, 3.8) is 0 Å². The highest BCUT2D eigenvalue weighted by atomic mass is 127. The van der Waals surface area contributed by atoms with Crippen LogP contribution in [0.4, 0.5) is 0 Å². The lowest BCUT2D eigenvalue weighted by atomic mass is 9.81. The van der Waals surface area contributed by atoms with E-state index in [2.05, 4.69) is 5.73 Å². The zero-order chi connectivity index (χ0) is 9.46. The van der Waals surface area contributed by atoms with Gasteiger partial charge >= 0.3 is 0 Å². The lowest BCUT2D eigenvalue weighted by Crippen LogP contribution is -3.00. The molecule has 0 aromatic carbocycles. The van der Waals surface area contributed by atoms with E-state index in [9.17, 15) is 15.3 Å². The summed E-state index contributed by atoms with van der Waals surface area (Å²) in [7, 11) is 0. The van der Waals surface area contributed by atoms with Crippen molar-refractivity contribution in [3.8, 4) is 0 Å². The SMILES string of the molecule is N[C@@H]1C(O)[C@H](N)[C@H](O)C([NH3+])[C@@H]1O.[I-]. The highest BCUT2D eigenvalue weighted by molar-refractivity contribution is 5.01. The Balaban J connectivity index is 0.00000144. The fourth-order valence-electron chi connectivity index (χ4n) is 1.43. The van der Waals surface area contributed by atoms with Crippen LogP contribution in [0.3, 0.4) is 0 Å². The summed E-state index contributed by atoms with van der Waals surface area (Å²) in [6.07, 6.45) is -3.09. The van der Waals surface area contributed by atoms with E-state index in [0.29, 0.717) is 0 Å². The summed E-state index contributed by atoms with van der Waals surface area (Å²) in [5, 5.41) is 28.0. The van der Waals surface area contributed by atoms with Crippen LogP contribution in [0.25, 0.3) is 0 Å². The zero-order valence-electron chi connectivity index (χ0n) is 7.05. The van der Waals surface area contributed by atoms with Crippen molar-refractivity contribution in [2.45, 2.75) is 36.4 Å². The lowest BCUT2D eigenvalue weighted by Gasteiger charge is -2.39. The van der Waals surface area contributed by atoms with Crippen molar-refractivity contribution in [3.05, 3.63) is 0 Å². The maximum atomic E-state index is 9.34. The molecule has 0 radical (unpaired) electrons. The van der Waals surface area contributed by atoms with Crippen molar-refractivity contribution in [1.29, 1.82) is 0 Å². The molecule has 0 aromatic rings. The number of rotatable bonds is 0. The molecule has 13 heavy (non-hydrogen) atoms. The van der Waals surface area contributed by atoms with Gasteiger partial charge < -0.3 is 56.5 Å². The molecule has 0 bridgehead atoms. The minimum atomic E-state index is -1.08. The molecule has 2 unspecified atom stereocenters. The topological polar surface area (TPSA) is 140 Å². The van der Waals surface area contributed by atoms with Crippen molar-refractivity contribution >= 4 is 0 Å². The van der Waals surface area contributed by atoms with Crippen LogP contribution in [0.2, 0.25) is 0 Å². The largest absolute Gasteiger partial charge is 1.00 e. The van der Waals surface area contributed by atoms with Gasteiger partial charge in [0.05, 0.1) is 18.2 Å². The van der Waals surface area contributed by atoms with E-state index in [-0.39, 0.29) is 24.0 Å². The smallest absolute Gasteiger partial charge is 0.140 e. The normalized spacial score (nSPS) is 51.2. The highest BCUT2D eigenvalue weighted by Crippen LogP contribution is 2.15. The molecule has 1 fully saturated rings. The van der Waals surface area contributed by atoms with E-state index in [1.807, 2.05) is 0 Å². The first kappa shape index (κ1) is 13.5. The fourth-order valence-corrected chi connectivity index (χ4v) is 1.43. The van der Waals surface area contributed by atoms with Crippen molar-refractivity contribution in [2.24, 2.45) is 11.5 Å². The number of halogens is 1.